The Morgan fingerprint density at radius 2 is 1.76 bits per heavy atom. The molecule has 0 aliphatic carbocycles. The molecule has 0 saturated heterocycles. The average molecular weight is 240 g/mol. The molecule has 1 aromatic carbocycles. The van der Waals surface area contributed by atoms with E-state index in [1.54, 1.807) is 30.3 Å². The van der Waals surface area contributed by atoms with Crippen molar-refractivity contribution >= 4 is 0 Å². The third-order valence-corrected chi connectivity index (χ3v) is 2.15. The van der Waals surface area contributed by atoms with Gasteiger partial charge in [-0.2, -0.15) is 18.3 Å². The van der Waals surface area contributed by atoms with Gasteiger partial charge in [-0.1, -0.05) is 30.3 Å². The highest BCUT2D eigenvalue weighted by Gasteiger charge is 2.35. The van der Waals surface area contributed by atoms with Gasteiger partial charge in [0.25, 0.3) is 0 Å². The smallest absolute Gasteiger partial charge is 0.287 e. The van der Waals surface area contributed by atoms with Crippen LogP contribution < -0.4 is 5.43 Å². The largest absolute Gasteiger partial charge is 0.439 e. The van der Waals surface area contributed by atoms with Gasteiger partial charge >= 0.3 is 6.18 Å². The van der Waals surface area contributed by atoms with E-state index in [-0.39, 0.29) is 5.69 Å². The van der Waals surface area contributed by atoms with Gasteiger partial charge < -0.3 is 0 Å². The molecule has 3 nitrogen and oxygen atoms in total. The molecule has 0 fully saturated rings. The van der Waals surface area contributed by atoms with Crippen molar-refractivity contribution in [3.05, 3.63) is 52.3 Å². The second-order valence-electron chi connectivity index (χ2n) is 3.36. The SMILES string of the molecule is O=c1cc(-c2ccccc2)[nH]nc1C(F)(F)F. The van der Waals surface area contributed by atoms with E-state index in [2.05, 4.69) is 10.2 Å². The van der Waals surface area contributed by atoms with E-state index >= 15 is 0 Å². The van der Waals surface area contributed by atoms with Crippen molar-refractivity contribution in [3.63, 3.8) is 0 Å². The van der Waals surface area contributed by atoms with Crippen molar-refractivity contribution in [2.45, 2.75) is 6.18 Å². The molecule has 0 spiro atoms. The van der Waals surface area contributed by atoms with Gasteiger partial charge in [0.05, 0.1) is 5.69 Å². The molecule has 2 rings (SSSR count). The Morgan fingerprint density at radius 1 is 1.12 bits per heavy atom. The lowest BCUT2D eigenvalue weighted by molar-refractivity contribution is -0.142. The number of aromatic nitrogens is 2. The zero-order valence-electron chi connectivity index (χ0n) is 8.45. The molecule has 0 aliphatic heterocycles. The second kappa shape index (κ2) is 4.04. The van der Waals surface area contributed by atoms with E-state index in [1.807, 2.05) is 0 Å². The van der Waals surface area contributed by atoms with Crippen LogP contribution in [0, 0.1) is 0 Å². The Labute approximate surface area is 93.9 Å². The van der Waals surface area contributed by atoms with E-state index in [1.165, 1.54) is 0 Å². The molecule has 1 aromatic heterocycles. The fourth-order valence-electron chi connectivity index (χ4n) is 1.37. The minimum absolute atomic E-state index is 0.253. The lowest BCUT2D eigenvalue weighted by Gasteiger charge is -2.05. The quantitative estimate of drug-likeness (QED) is 0.832. The third-order valence-electron chi connectivity index (χ3n) is 2.15. The van der Waals surface area contributed by atoms with Crippen LogP contribution in [0.2, 0.25) is 0 Å². The lowest BCUT2D eigenvalue weighted by atomic mass is 10.1. The summed E-state index contributed by atoms with van der Waals surface area (Å²) in [5.41, 5.74) is -1.72. The summed E-state index contributed by atoms with van der Waals surface area (Å²) in [6.45, 7) is 0. The number of aromatic amines is 1. The number of alkyl halides is 3. The molecule has 2 aromatic rings. The number of H-pyrrole nitrogens is 1. The molecule has 0 aliphatic rings. The first-order valence-corrected chi connectivity index (χ1v) is 4.71. The highest BCUT2D eigenvalue weighted by molar-refractivity contribution is 5.57. The molecule has 0 atom stereocenters. The lowest BCUT2D eigenvalue weighted by Crippen LogP contribution is -2.22. The van der Waals surface area contributed by atoms with Crippen LogP contribution in [0.3, 0.4) is 0 Å². The Morgan fingerprint density at radius 3 is 2.29 bits per heavy atom. The first-order valence-electron chi connectivity index (χ1n) is 4.71. The van der Waals surface area contributed by atoms with Crippen LogP contribution in [-0.4, -0.2) is 10.2 Å². The predicted molar refractivity (Wildman–Crippen MR) is 55.3 cm³/mol. The van der Waals surface area contributed by atoms with Crippen LogP contribution in [0.5, 0.6) is 0 Å². The molecular weight excluding hydrogens is 233 g/mol. The normalized spacial score (nSPS) is 11.5. The molecule has 0 unspecified atom stereocenters. The summed E-state index contributed by atoms with van der Waals surface area (Å²) < 4.78 is 36.9. The van der Waals surface area contributed by atoms with E-state index in [0.717, 1.165) is 6.07 Å². The van der Waals surface area contributed by atoms with Crippen LogP contribution in [-0.2, 0) is 6.18 Å². The van der Waals surface area contributed by atoms with Crippen molar-refractivity contribution in [3.8, 4) is 11.3 Å². The van der Waals surface area contributed by atoms with E-state index in [4.69, 9.17) is 0 Å². The van der Waals surface area contributed by atoms with Crippen molar-refractivity contribution in [1.82, 2.24) is 10.2 Å². The van der Waals surface area contributed by atoms with E-state index in [0.29, 0.717) is 5.56 Å². The van der Waals surface area contributed by atoms with Crippen LogP contribution in [0.25, 0.3) is 11.3 Å². The molecule has 6 heteroatoms. The monoisotopic (exact) mass is 240 g/mol. The molecular formula is C11H7F3N2O. The number of nitrogens with one attached hydrogen (secondary N) is 1. The summed E-state index contributed by atoms with van der Waals surface area (Å²) in [6, 6.07) is 9.42. The van der Waals surface area contributed by atoms with Crippen LogP contribution in [0.15, 0.2) is 41.2 Å². The summed E-state index contributed by atoms with van der Waals surface area (Å²) in [5.74, 6) is 0. The summed E-state index contributed by atoms with van der Waals surface area (Å²) in [7, 11) is 0. The van der Waals surface area contributed by atoms with Gasteiger partial charge in [0.1, 0.15) is 0 Å². The zero-order chi connectivity index (χ0) is 12.5. The van der Waals surface area contributed by atoms with Gasteiger partial charge in [-0.05, 0) is 5.56 Å². The molecule has 1 heterocycles. The van der Waals surface area contributed by atoms with Gasteiger partial charge in [0, 0.05) is 6.07 Å². The molecule has 88 valence electrons. The van der Waals surface area contributed by atoms with Gasteiger partial charge in [0.2, 0.25) is 11.1 Å². The first kappa shape index (κ1) is 11.4. The van der Waals surface area contributed by atoms with E-state index < -0.39 is 17.3 Å². The Hall–Kier alpha value is -2.11. The summed E-state index contributed by atoms with van der Waals surface area (Å²) in [6.07, 6.45) is -4.73. The average Bonchev–Trinajstić information content (AvgIpc) is 2.28. The summed E-state index contributed by atoms with van der Waals surface area (Å²) >= 11 is 0. The Bertz CT molecular complexity index is 575. The topological polar surface area (TPSA) is 45.8 Å². The maximum atomic E-state index is 12.3. The van der Waals surface area contributed by atoms with E-state index in [9.17, 15) is 18.0 Å². The molecule has 0 bridgehead atoms. The summed E-state index contributed by atoms with van der Waals surface area (Å²) in [5, 5.41) is 5.29. The highest BCUT2D eigenvalue weighted by atomic mass is 19.4. The Balaban J connectivity index is 2.49. The predicted octanol–water partition coefficient (Wildman–Crippen LogP) is 2.46. The molecule has 0 radical (unpaired) electrons. The summed E-state index contributed by atoms with van der Waals surface area (Å²) in [4.78, 5) is 11.3. The van der Waals surface area contributed by atoms with Gasteiger partial charge in [-0.15, -0.1) is 0 Å². The van der Waals surface area contributed by atoms with Gasteiger partial charge in [-0.25, -0.2) is 0 Å². The number of halogens is 3. The van der Waals surface area contributed by atoms with Gasteiger partial charge in [0.15, 0.2) is 0 Å². The molecule has 0 saturated carbocycles. The maximum Gasteiger partial charge on any atom is 0.439 e. The molecule has 0 amide bonds. The fourth-order valence-corrected chi connectivity index (χ4v) is 1.37. The van der Waals surface area contributed by atoms with Crippen molar-refractivity contribution in [1.29, 1.82) is 0 Å². The minimum Gasteiger partial charge on any atom is -0.287 e. The number of benzene rings is 1. The van der Waals surface area contributed by atoms with Crippen LogP contribution in [0.1, 0.15) is 5.69 Å². The number of rotatable bonds is 1. The second-order valence-corrected chi connectivity index (χ2v) is 3.36. The number of hydrogen-bond donors (Lipinski definition) is 1. The number of hydrogen-bond acceptors (Lipinski definition) is 2. The first-order chi connectivity index (χ1) is 7.98. The van der Waals surface area contributed by atoms with Crippen LogP contribution >= 0.6 is 0 Å². The minimum atomic E-state index is -4.73. The van der Waals surface area contributed by atoms with Crippen molar-refractivity contribution in [2.75, 3.05) is 0 Å². The van der Waals surface area contributed by atoms with Gasteiger partial charge in [-0.3, -0.25) is 9.89 Å². The Kier molecular flexibility index (Phi) is 2.71. The van der Waals surface area contributed by atoms with Crippen molar-refractivity contribution in [2.24, 2.45) is 0 Å². The molecule has 1 N–H and O–H groups in total. The maximum absolute atomic E-state index is 12.3. The van der Waals surface area contributed by atoms with Crippen LogP contribution in [0.4, 0.5) is 13.2 Å². The standard InChI is InChI=1S/C11H7F3N2O/c12-11(13,14)10-9(17)6-8(15-16-10)7-4-2-1-3-5-7/h1-6H,(H,15,17). The third kappa shape index (κ3) is 2.35. The zero-order valence-corrected chi connectivity index (χ0v) is 8.45. The fraction of sp³-hybridized carbons (Fsp3) is 0.0909. The van der Waals surface area contributed by atoms with Crippen molar-refractivity contribution < 1.29 is 13.2 Å². The highest BCUT2D eigenvalue weighted by Crippen LogP contribution is 2.25. The number of nitrogens with zero attached hydrogens (tertiary/aromatic N) is 1. The molecule has 17 heavy (non-hydrogen) atoms.